The molecule has 0 spiro atoms. The molecular weight excluding hydrogens is 413 g/mol. The molecule has 4 heterocycles. The Labute approximate surface area is 181 Å². The van der Waals surface area contributed by atoms with Gasteiger partial charge in [0.15, 0.2) is 11.5 Å². The SMILES string of the molecule is Cn1nc(C(N)=O)cc(-c2c(N3CCCC3c3cccc(F)c3)nn3cccnc23)c1=O. The second-order valence-corrected chi connectivity index (χ2v) is 7.73. The number of hydrogen-bond donors (Lipinski definition) is 1. The summed E-state index contributed by atoms with van der Waals surface area (Å²) in [6.07, 6.45) is 5.04. The van der Waals surface area contributed by atoms with E-state index in [4.69, 9.17) is 10.8 Å². The van der Waals surface area contributed by atoms with Gasteiger partial charge in [-0.1, -0.05) is 12.1 Å². The molecule has 1 saturated heterocycles. The Morgan fingerprint density at radius 1 is 1.22 bits per heavy atom. The van der Waals surface area contributed by atoms with E-state index in [1.165, 1.54) is 25.2 Å². The summed E-state index contributed by atoms with van der Waals surface area (Å²) in [5.41, 5.74) is 7.01. The molecule has 0 saturated carbocycles. The van der Waals surface area contributed by atoms with Crippen molar-refractivity contribution in [1.82, 2.24) is 24.4 Å². The Bertz CT molecular complexity index is 1410. The predicted octanol–water partition coefficient (Wildman–Crippen LogP) is 2.07. The lowest BCUT2D eigenvalue weighted by Crippen LogP contribution is -2.27. The summed E-state index contributed by atoms with van der Waals surface area (Å²) in [6.45, 7) is 0.673. The standard InChI is InChI=1S/C22H20FN7O2/c1-28-22(32)15(12-16(26-28)19(24)31)18-20-25-8-4-10-30(20)27-21(18)29-9-3-7-17(29)13-5-2-6-14(23)11-13/h2,4-6,8,10-12,17H,3,7,9H2,1H3,(H2,24,31). The lowest BCUT2D eigenvalue weighted by atomic mass is 10.0. The molecule has 1 amide bonds. The van der Waals surface area contributed by atoms with Gasteiger partial charge in [-0.2, -0.15) is 5.10 Å². The number of rotatable bonds is 4. The van der Waals surface area contributed by atoms with Crippen molar-refractivity contribution in [3.8, 4) is 11.1 Å². The van der Waals surface area contributed by atoms with E-state index in [9.17, 15) is 14.0 Å². The molecule has 1 aliphatic rings. The molecule has 1 unspecified atom stereocenters. The zero-order valence-corrected chi connectivity index (χ0v) is 17.3. The molecule has 0 aliphatic carbocycles. The third-order valence-electron chi connectivity index (χ3n) is 5.72. The van der Waals surface area contributed by atoms with Crippen LogP contribution in [0.4, 0.5) is 10.2 Å². The number of primary amides is 1. The Morgan fingerprint density at radius 3 is 2.84 bits per heavy atom. The van der Waals surface area contributed by atoms with Crippen LogP contribution in [0.2, 0.25) is 0 Å². The molecule has 0 radical (unpaired) electrons. The minimum atomic E-state index is -0.744. The molecule has 1 aliphatic heterocycles. The van der Waals surface area contributed by atoms with Crippen LogP contribution in [0.15, 0.2) is 53.6 Å². The van der Waals surface area contributed by atoms with Gasteiger partial charge in [0.25, 0.3) is 11.5 Å². The number of anilines is 1. The van der Waals surface area contributed by atoms with E-state index in [2.05, 4.69) is 15.0 Å². The number of carbonyl (C=O) groups is 1. The van der Waals surface area contributed by atoms with Gasteiger partial charge in [0.05, 0.1) is 17.2 Å². The molecule has 10 heteroatoms. The molecule has 1 fully saturated rings. The van der Waals surface area contributed by atoms with Gasteiger partial charge in [-0.05, 0) is 42.7 Å². The van der Waals surface area contributed by atoms with Gasteiger partial charge in [-0.25, -0.2) is 18.6 Å². The van der Waals surface area contributed by atoms with Gasteiger partial charge in [0.2, 0.25) is 0 Å². The second kappa shape index (κ2) is 7.56. The highest BCUT2D eigenvalue weighted by Gasteiger charge is 2.32. The molecule has 162 valence electrons. The highest BCUT2D eigenvalue weighted by molar-refractivity contribution is 5.94. The van der Waals surface area contributed by atoms with Crippen LogP contribution in [-0.2, 0) is 7.05 Å². The number of nitrogens with zero attached hydrogens (tertiary/aromatic N) is 6. The third kappa shape index (κ3) is 3.20. The number of aromatic nitrogens is 5. The largest absolute Gasteiger partial charge is 0.364 e. The van der Waals surface area contributed by atoms with Crippen molar-refractivity contribution in [2.24, 2.45) is 12.8 Å². The first-order valence-electron chi connectivity index (χ1n) is 10.2. The van der Waals surface area contributed by atoms with Crippen LogP contribution < -0.4 is 16.2 Å². The van der Waals surface area contributed by atoms with Crippen molar-refractivity contribution >= 4 is 17.4 Å². The summed E-state index contributed by atoms with van der Waals surface area (Å²) < 4.78 is 16.6. The molecule has 0 bridgehead atoms. The number of fused-ring (bicyclic) bond motifs is 1. The number of carbonyl (C=O) groups excluding carboxylic acids is 1. The lowest BCUT2D eigenvalue weighted by molar-refractivity contribution is 0.0993. The second-order valence-electron chi connectivity index (χ2n) is 7.73. The average molecular weight is 433 g/mol. The zero-order valence-electron chi connectivity index (χ0n) is 17.3. The number of halogens is 1. The Kier molecular flexibility index (Phi) is 4.69. The van der Waals surface area contributed by atoms with Crippen molar-refractivity contribution in [3.63, 3.8) is 0 Å². The molecule has 2 N–H and O–H groups in total. The monoisotopic (exact) mass is 433 g/mol. The number of nitrogens with two attached hydrogens (primary N) is 1. The molecular formula is C22H20FN7O2. The summed E-state index contributed by atoms with van der Waals surface area (Å²) >= 11 is 0. The molecule has 32 heavy (non-hydrogen) atoms. The van der Waals surface area contributed by atoms with Gasteiger partial charge >= 0.3 is 0 Å². The fourth-order valence-corrected chi connectivity index (χ4v) is 4.31. The first-order valence-corrected chi connectivity index (χ1v) is 10.2. The topological polar surface area (TPSA) is 111 Å². The van der Waals surface area contributed by atoms with E-state index in [1.54, 1.807) is 29.0 Å². The van der Waals surface area contributed by atoms with Crippen molar-refractivity contribution < 1.29 is 9.18 Å². The zero-order chi connectivity index (χ0) is 22.4. The Balaban J connectivity index is 1.75. The summed E-state index contributed by atoms with van der Waals surface area (Å²) in [5, 5.41) is 8.67. The molecule has 1 atom stereocenters. The average Bonchev–Trinajstić information content (AvgIpc) is 3.40. The van der Waals surface area contributed by atoms with Crippen LogP contribution in [-0.4, -0.2) is 36.8 Å². The van der Waals surface area contributed by atoms with E-state index in [-0.39, 0.29) is 23.1 Å². The number of benzene rings is 1. The van der Waals surface area contributed by atoms with Crippen LogP contribution in [0.1, 0.15) is 34.9 Å². The van der Waals surface area contributed by atoms with Crippen LogP contribution in [0.3, 0.4) is 0 Å². The van der Waals surface area contributed by atoms with Crippen molar-refractivity contribution in [2.45, 2.75) is 18.9 Å². The number of aryl methyl sites for hydroxylation is 1. The summed E-state index contributed by atoms with van der Waals surface area (Å²) in [6, 6.07) is 9.51. The van der Waals surface area contributed by atoms with Crippen molar-refractivity contribution in [2.75, 3.05) is 11.4 Å². The molecule has 9 nitrogen and oxygen atoms in total. The van der Waals surface area contributed by atoms with Crippen LogP contribution in [0, 0.1) is 5.82 Å². The van der Waals surface area contributed by atoms with Crippen molar-refractivity contribution in [3.05, 3.63) is 76.2 Å². The van der Waals surface area contributed by atoms with E-state index < -0.39 is 11.5 Å². The molecule has 1 aromatic carbocycles. The van der Waals surface area contributed by atoms with E-state index in [1.807, 2.05) is 6.07 Å². The maximum absolute atomic E-state index is 13.9. The first kappa shape index (κ1) is 19.9. The van der Waals surface area contributed by atoms with Crippen LogP contribution in [0.25, 0.3) is 16.8 Å². The summed E-state index contributed by atoms with van der Waals surface area (Å²) in [7, 11) is 1.46. The quantitative estimate of drug-likeness (QED) is 0.527. The highest BCUT2D eigenvalue weighted by Crippen LogP contribution is 2.41. The Hall–Kier alpha value is -4.08. The smallest absolute Gasteiger partial charge is 0.274 e. The minimum absolute atomic E-state index is 0.0357. The highest BCUT2D eigenvalue weighted by atomic mass is 19.1. The van der Waals surface area contributed by atoms with Gasteiger partial charge in [-0.15, -0.1) is 5.10 Å². The molecule has 4 aromatic rings. The van der Waals surface area contributed by atoms with Gasteiger partial charge < -0.3 is 10.6 Å². The number of amides is 1. The minimum Gasteiger partial charge on any atom is -0.364 e. The number of hydrogen-bond acceptors (Lipinski definition) is 6. The first-order chi connectivity index (χ1) is 15.4. The molecule has 5 rings (SSSR count). The fourth-order valence-electron chi connectivity index (χ4n) is 4.31. The van der Waals surface area contributed by atoms with Crippen molar-refractivity contribution in [1.29, 1.82) is 0 Å². The predicted molar refractivity (Wildman–Crippen MR) is 116 cm³/mol. The normalized spacial score (nSPS) is 16.1. The maximum Gasteiger partial charge on any atom is 0.274 e. The van der Waals surface area contributed by atoms with Gasteiger partial charge in [-0.3, -0.25) is 9.59 Å². The van der Waals surface area contributed by atoms with Crippen LogP contribution >= 0.6 is 0 Å². The van der Waals surface area contributed by atoms with Crippen LogP contribution in [0.5, 0.6) is 0 Å². The molecule has 3 aromatic heterocycles. The van der Waals surface area contributed by atoms with E-state index >= 15 is 0 Å². The summed E-state index contributed by atoms with van der Waals surface area (Å²) in [4.78, 5) is 31.4. The fraction of sp³-hybridized carbons (Fsp3) is 0.227. The van der Waals surface area contributed by atoms with E-state index in [0.717, 1.165) is 23.1 Å². The maximum atomic E-state index is 13.9. The van der Waals surface area contributed by atoms with Gasteiger partial charge in [0, 0.05) is 26.0 Å². The third-order valence-corrected chi connectivity index (χ3v) is 5.72. The Morgan fingerprint density at radius 2 is 2.06 bits per heavy atom. The van der Waals surface area contributed by atoms with E-state index in [0.29, 0.717) is 23.6 Å². The lowest BCUT2D eigenvalue weighted by Gasteiger charge is -2.26. The summed E-state index contributed by atoms with van der Waals surface area (Å²) in [5.74, 6) is -0.513. The van der Waals surface area contributed by atoms with Gasteiger partial charge in [0.1, 0.15) is 11.5 Å².